The van der Waals surface area contributed by atoms with Gasteiger partial charge in [-0.05, 0) is 43.3 Å². The maximum atomic E-state index is 13.6. The van der Waals surface area contributed by atoms with Crippen LogP contribution in [0.3, 0.4) is 0 Å². The first kappa shape index (κ1) is 20.0. The van der Waals surface area contributed by atoms with Crippen LogP contribution in [0.15, 0.2) is 36.4 Å². The summed E-state index contributed by atoms with van der Waals surface area (Å²) in [4.78, 5) is 35.3. The molecule has 27 heavy (non-hydrogen) atoms. The van der Waals surface area contributed by atoms with E-state index in [-0.39, 0.29) is 11.1 Å². The van der Waals surface area contributed by atoms with Crippen molar-refractivity contribution in [1.82, 2.24) is 0 Å². The monoisotopic (exact) mass is 381 g/mol. The van der Waals surface area contributed by atoms with Gasteiger partial charge in [0.15, 0.2) is 23.6 Å². The van der Waals surface area contributed by atoms with Crippen LogP contribution in [0.25, 0.3) is 0 Å². The van der Waals surface area contributed by atoms with Gasteiger partial charge >= 0.3 is 11.9 Å². The summed E-state index contributed by atoms with van der Waals surface area (Å²) in [6.45, 7) is 1.22. The lowest BCUT2D eigenvalue weighted by molar-refractivity contribution is -0.123. The highest BCUT2D eigenvalue weighted by Gasteiger charge is 2.22. The number of carbonyl (C=O) groups excluding carboxylic acids is 3. The Labute approximate surface area is 151 Å². The molecule has 1 amide bonds. The number of nitrogens with one attached hydrogen (secondary N) is 1. The van der Waals surface area contributed by atoms with Gasteiger partial charge in [0.05, 0.1) is 23.9 Å². The first-order valence-corrected chi connectivity index (χ1v) is 7.58. The Hall–Kier alpha value is -3.36. The van der Waals surface area contributed by atoms with Gasteiger partial charge < -0.3 is 14.8 Å². The Morgan fingerprint density at radius 1 is 0.889 bits per heavy atom. The van der Waals surface area contributed by atoms with Gasteiger partial charge in [0, 0.05) is 0 Å². The minimum absolute atomic E-state index is 0.0568. The van der Waals surface area contributed by atoms with E-state index in [4.69, 9.17) is 4.74 Å². The average molecular weight is 381 g/mol. The van der Waals surface area contributed by atoms with Gasteiger partial charge in [-0.15, -0.1) is 0 Å². The highest BCUT2D eigenvalue weighted by Crippen LogP contribution is 2.20. The van der Waals surface area contributed by atoms with Crippen molar-refractivity contribution in [2.24, 2.45) is 0 Å². The lowest BCUT2D eigenvalue weighted by Gasteiger charge is -2.14. The van der Waals surface area contributed by atoms with E-state index in [9.17, 15) is 27.6 Å². The minimum Gasteiger partial charge on any atom is -0.465 e. The van der Waals surface area contributed by atoms with E-state index in [1.165, 1.54) is 38.3 Å². The summed E-state index contributed by atoms with van der Waals surface area (Å²) in [5.74, 6) is -7.11. The van der Waals surface area contributed by atoms with Gasteiger partial charge in [-0.25, -0.2) is 22.8 Å². The Morgan fingerprint density at radius 3 is 2.00 bits per heavy atom. The molecule has 0 aromatic heterocycles. The normalized spacial score (nSPS) is 11.4. The molecular weight excluding hydrogens is 367 g/mol. The number of rotatable bonds is 5. The third-order valence-corrected chi connectivity index (χ3v) is 3.49. The Balaban J connectivity index is 2.02. The average Bonchev–Trinajstić information content (AvgIpc) is 2.67. The Morgan fingerprint density at radius 2 is 1.44 bits per heavy atom. The van der Waals surface area contributed by atoms with Crippen LogP contribution < -0.4 is 5.32 Å². The number of esters is 2. The SMILES string of the molecule is COC(=O)c1ccc(C(=O)O[C@@H](C)C(=O)Nc2ccc(F)c(F)c2F)cc1. The molecular formula is C18H14F3NO5. The molecule has 0 spiro atoms. The molecule has 2 rings (SSSR count). The second-order valence-electron chi connectivity index (χ2n) is 5.33. The molecule has 9 heteroatoms. The first-order chi connectivity index (χ1) is 12.7. The molecule has 142 valence electrons. The van der Waals surface area contributed by atoms with Crippen LogP contribution in [0.5, 0.6) is 0 Å². The molecule has 2 aromatic carbocycles. The predicted octanol–water partition coefficient (Wildman–Crippen LogP) is 3.07. The molecule has 6 nitrogen and oxygen atoms in total. The molecule has 0 bridgehead atoms. The van der Waals surface area contributed by atoms with Crippen molar-refractivity contribution in [3.8, 4) is 0 Å². The van der Waals surface area contributed by atoms with Crippen molar-refractivity contribution < 1.29 is 37.0 Å². The quantitative estimate of drug-likeness (QED) is 0.636. The number of halogens is 3. The van der Waals surface area contributed by atoms with Crippen LogP contribution in [0.4, 0.5) is 18.9 Å². The predicted molar refractivity (Wildman–Crippen MR) is 87.6 cm³/mol. The zero-order valence-electron chi connectivity index (χ0n) is 14.2. The molecule has 0 saturated carbocycles. The van der Waals surface area contributed by atoms with Crippen LogP contribution in [0.2, 0.25) is 0 Å². The summed E-state index contributed by atoms with van der Waals surface area (Å²) in [6.07, 6.45) is -1.36. The molecule has 0 aliphatic heterocycles. The van der Waals surface area contributed by atoms with E-state index >= 15 is 0 Å². The molecule has 0 aliphatic rings. The van der Waals surface area contributed by atoms with E-state index in [1.807, 2.05) is 5.32 Å². The number of anilines is 1. The number of ether oxygens (including phenoxy) is 2. The molecule has 0 unspecified atom stereocenters. The molecule has 2 aromatic rings. The van der Waals surface area contributed by atoms with Crippen molar-refractivity contribution in [3.05, 3.63) is 65.0 Å². The zero-order chi connectivity index (χ0) is 20.1. The van der Waals surface area contributed by atoms with Crippen LogP contribution in [0.1, 0.15) is 27.6 Å². The lowest BCUT2D eigenvalue weighted by Crippen LogP contribution is -2.30. The molecule has 0 saturated heterocycles. The maximum absolute atomic E-state index is 13.6. The molecule has 0 fully saturated rings. The summed E-state index contributed by atoms with van der Waals surface area (Å²) in [5.41, 5.74) is -0.320. The lowest BCUT2D eigenvalue weighted by atomic mass is 10.1. The van der Waals surface area contributed by atoms with Crippen LogP contribution in [0, 0.1) is 17.5 Å². The fourth-order valence-electron chi connectivity index (χ4n) is 2.00. The molecule has 0 aliphatic carbocycles. The molecule has 0 heterocycles. The van der Waals surface area contributed by atoms with Crippen molar-refractivity contribution in [1.29, 1.82) is 0 Å². The van der Waals surface area contributed by atoms with Gasteiger partial charge in [0.25, 0.3) is 5.91 Å². The van der Waals surface area contributed by atoms with E-state index < -0.39 is 47.1 Å². The number of carbonyl (C=O) groups is 3. The fraction of sp³-hybridized carbons (Fsp3) is 0.167. The smallest absolute Gasteiger partial charge is 0.338 e. The van der Waals surface area contributed by atoms with Gasteiger partial charge in [-0.3, -0.25) is 4.79 Å². The second-order valence-corrected chi connectivity index (χ2v) is 5.33. The van der Waals surface area contributed by atoms with Crippen molar-refractivity contribution in [3.63, 3.8) is 0 Å². The van der Waals surface area contributed by atoms with Crippen molar-refractivity contribution >= 4 is 23.5 Å². The summed E-state index contributed by atoms with van der Waals surface area (Å²) in [5, 5.41) is 2.01. The summed E-state index contributed by atoms with van der Waals surface area (Å²) in [6, 6.07) is 6.76. The van der Waals surface area contributed by atoms with Gasteiger partial charge in [0.2, 0.25) is 0 Å². The Bertz CT molecular complexity index is 883. The van der Waals surface area contributed by atoms with E-state index in [0.29, 0.717) is 6.07 Å². The van der Waals surface area contributed by atoms with Gasteiger partial charge in [0.1, 0.15) is 0 Å². The number of amides is 1. The third-order valence-electron chi connectivity index (χ3n) is 3.49. The van der Waals surface area contributed by atoms with E-state index in [0.717, 1.165) is 6.07 Å². The summed E-state index contributed by atoms with van der Waals surface area (Å²) >= 11 is 0. The fourth-order valence-corrected chi connectivity index (χ4v) is 2.00. The minimum atomic E-state index is -1.73. The van der Waals surface area contributed by atoms with Crippen molar-refractivity contribution in [2.45, 2.75) is 13.0 Å². The van der Waals surface area contributed by atoms with E-state index in [2.05, 4.69) is 4.74 Å². The molecule has 0 radical (unpaired) electrons. The summed E-state index contributed by atoms with van der Waals surface area (Å²) in [7, 11) is 1.21. The Kier molecular flexibility index (Phi) is 6.17. The van der Waals surface area contributed by atoms with Gasteiger partial charge in [-0.2, -0.15) is 0 Å². The third kappa shape index (κ3) is 4.63. The second kappa shape index (κ2) is 8.35. The largest absolute Gasteiger partial charge is 0.465 e. The van der Waals surface area contributed by atoms with Crippen molar-refractivity contribution in [2.75, 3.05) is 12.4 Å². The topological polar surface area (TPSA) is 81.7 Å². The number of hydrogen-bond acceptors (Lipinski definition) is 5. The van der Waals surface area contributed by atoms with E-state index in [1.54, 1.807) is 0 Å². The van der Waals surface area contributed by atoms with Crippen LogP contribution in [-0.4, -0.2) is 31.1 Å². The standard InChI is InChI=1S/C18H14F3NO5/c1-9(16(23)22-13-8-7-12(19)14(20)15(13)21)27-18(25)11-5-3-10(4-6-11)17(24)26-2/h3-9H,1-2H3,(H,22,23)/t9-/m0/s1. The summed E-state index contributed by atoms with van der Waals surface area (Å²) < 4.78 is 49.1. The number of methoxy groups -OCH3 is 1. The zero-order valence-corrected chi connectivity index (χ0v) is 14.2. The molecule has 1 atom stereocenters. The first-order valence-electron chi connectivity index (χ1n) is 7.58. The highest BCUT2D eigenvalue weighted by atomic mass is 19.2. The highest BCUT2D eigenvalue weighted by molar-refractivity contribution is 5.98. The van der Waals surface area contributed by atoms with Gasteiger partial charge in [-0.1, -0.05) is 0 Å². The molecule has 1 N–H and O–H groups in total. The number of benzene rings is 2. The van der Waals surface area contributed by atoms with Crippen LogP contribution in [-0.2, 0) is 14.3 Å². The number of hydrogen-bond donors (Lipinski definition) is 1. The maximum Gasteiger partial charge on any atom is 0.338 e. The van der Waals surface area contributed by atoms with Crippen LogP contribution >= 0.6 is 0 Å².